The molecule has 0 aromatic heterocycles. The lowest BCUT2D eigenvalue weighted by Gasteiger charge is -2.36. The van der Waals surface area contributed by atoms with E-state index in [-0.39, 0.29) is 5.75 Å². The maximum atomic E-state index is 13.8. The number of carbonyl (C=O) groups is 1. The van der Waals surface area contributed by atoms with Crippen molar-refractivity contribution >= 4 is 17.1 Å². The van der Waals surface area contributed by atoms with Gasteiger partial charge >= 0.3 is 24.1 Å². The molecule has 0 aliphatic rings. The number of rotatable bonds is 7. The van der Waals surface area contributed by atoms with Crippen LogP contribution in [0.2, 0.25) is 0 Å². The molecule has 4 nitrogen and oxygen atoms in total. The minimum Gasteiger partial charge on any atom is -0.489 e. The molecule has 0 fully saturated rings. The zero-order valence-electron chi connectivity index (χ0n) is 20.6. The van der Waals surface area contributed by atoms with E-state index >= 15 is 0 Å². The van der Waals surface area contributed by atoms with Gasteiger partial charge in [0.15, 0.2) is 14.7 Å². The first kappa shape index (κ1) is 29.2. The minimum atomic E-state index is -6.05. The Kier molecular flexibility index (Phi) is 8.60. The summed E-state index contributed by atoms with van der Waals surface area (Å²) in [6, 6.07) is 24.6. The lowest BCUT2D eigenvalue weighted by molar-refractivity contribution is -0.374. The fraction of sp³-hybridized carbons (Fsp3) is 0.296. The van der Waals surface area contributed by atoms with Crippen LogP contribution in [0.25, 0.3) is 0 Å². The van der Waals surface area contributed by atoms with E-state index in [1.165, 1.54) is 32.9 Å². The molecule has 0 saturated heterocycles. The predicted molar refractivity (Wildman–Crippen MR) is 129 cm³/mol. The molecule has 0 N–H and O–H groups in total. The molecular weight excluding hydrogens is 534 g/mol. The molecular formula is C27H25F6O4S+. The van der Waals surface area contributed by atoms with Gasteiger partial charge in [-0.25, -0.2) is 4.79 Å². The molecule has 0 radical (unpaired) electrons. The highest BCUT2D eigenvalue weighted by Crippen LogP contribution is 2.46. The van der Waals surface area contributed by atoms with Crippen molar-refractivity contribution in [1.82, 2.24) is 0 Å². The van der Waals surface area contributed by atoms with Gasteiger partial charge in [-0.3, -0.25) is 0 Å². The summed E-state index contributed by atoms with van der Waals surface area (Å²) >= 11 is 0. The van der Waals surface area contributed by atoms with E-state index in [0.29, 0.717) is 0 Å². The van der Waals surface area contributed by atoms with Crippen LogP contribution >= 0.6 is 0 Å². The van der Waals surface area contributed by atoms with Crippen LogP contribution in [0.4, 0.5) is 31.1 Å². The number of hydrogen-bond donors (Lipinski definition) is 0. The second-order valence-corrected chi connectivity index (χ2v) is 11.1. The maximum absolute atomic E-state index is 13.8. The largest absolute Gasteiger partial charge is 0.510 e. The first-order chi connectivity index (χ1) is 17.6. The molecule has 204 valence electrons. The summed E-state index contributed by atoms with van der Waals surface area (Å²) in [4.78, 5) is 14.6. The lowest BCUT2D eigenvalue weighted by atomic mass is 10.0. The summed E-state index contributed by atoms with van der Waals surface area (Å²) in [7, 11) is -0.591. The van der Waals surface area contributed by atoms with Crippen LogP contribution in [0.15, 0.2) is 99.6 Å². The van der Waals surface area contributed by atoms with Gasteiger partial charge in [0.1, 0.15) is 18.0 Å². The van der Waals surface area contributed by atoms with E-state index in [0.717, 1.165) is 14.7 Å². The van der Waals surface area contributed by atoms with E-state index < -0.39 is 47.2 Å². The van der Waals surface area contributed by atoms with Crippen molar-refractivity contribution in [3.05, 3.63) is 84.9 Å². The number of ether oxygens (including phenoxy) is 3. The molecule has 0 amide bonds. The van der Waals surface area contributed by atoms with Gasteiger partial charge in [0.25, 0.3) is 0 Å². The Morgan fingerprint density at radius 1 is 0.658 bits per heavy atom. The van der Waals surface area contributed by atoms with Crippen LogP contribution in [-0.4, -0.2) is 36.3 Å². The normalized spacial score (nSPS) is 12.8. The molecule has 3 aromatic carbocycles. The Morgan fingerprint density at radius 3 is 1.47 bits per heavy atom. The number of halogens is 6. The van der Waals surface area contributed by atoms with Crippen LogP contribution in [-0.2, 0) is 20.4 Å². The van der Waals surface area contributed by atoms with Gasteiger partial charge in [0.05, 0.1) is 10.9 Å². The topological polar surface area (TPSA) is 44.8 Å². The van der Waals surface area contributed by atoms with Crippen molar-refractivity contribution < 1.29 is 45.3 Å². The van der Waals surface area contributed by atoms with E-state index in [9.17, 15) is 31.1 Å². The van der Waals surface area contributed by atoms with E-state index in [2.05, 4.69) is 9.47 Å². The van der Waals surface area contributed by atoms with Gasteiger partial charge in [-0.2, -0.15) is 26.3 Å². The Bertz CT molecular complexity index is 1140. The molecule has 0 heterocycles. The molecule has 3 rings (SSSR count). The van der Waals surface area contributed by atoms with Crippen LogP contribution in [0.5, 0.6) is 5.75 Å². The number of carbonyl (C=O) groups excluding carboxylic acids is 1. The smallest absolute Gasteiger partial charge is 0.489 e. The van der Waals surface area contributed by atoms with Crippen molar-refractivity contribution in [3.8, 4) is 5.75 Å². The van der Waals surface area contributed by atoms with E-state index in [1.54, 1.807) is 12.1 Å². The van der Waals surface area contributed by atoms with Gasteiger partial charge in [-0.05, 0) is 69.3 Å². The maximum Gasteiger partial charge on any atom is 0.510 e. The molecule has 0 atom stereocenters. The predicted octanol–water partition coefficient (Wildman–Crippen LogP) is 7.98. The molecule has 38 heavy (non-hydrogen) atoms. The summed E-state index contributed by atoms with van der Waals surface area (Å²) in [5.74, 6) is -0.274. The molecule has 0 aliphatic carbocycles. The second-order valence-electron chi connectivity index (χ2n) is 9.08. The highest BCUT2D eigenvalue weighted by atomic mass is 32.2. The van der Waals surface area contributed by atoms with Gasteiger partial charge < -0.3 is 14.2 Å². The first-order valence-corrected chi connectivity index (χ1v) is 12.5. The number of alkyl halides is 6. The summed E-state index contributed by atoms with van der Waals surface area (Å²) < 4.78 is 96.1. The quantitative estimate of drug-likeness (QED) is 0.167. The Morgan fingerprint density at radius 2 is 1.08 bits per heavy atom. The van der Waals surface area contributed by atoms with Gasteiger partial charge in [0.2, 0.25) is 0 Å². The molecule has 0 spiro atoms. The average Bonchev–Trinajstić information content (AvgIpc) is 2.81. The Balaban J connectivity index is 1.89. The summed E-state index contributed by atoms with van der Waals surface area (Å²) in [5.41, 5.74) is -6.33. The standard InChI is InChI=1S/C27H25F6O4S/c1-24(2,3)36-23(34)37-25(26(28,29)30,27(31,32)33)18-35-19-14-16-22(17-15-19)38(20-10-6-4-7-11-20)21-12-8-5-9-13-21/h4-17H,18H2,1-3H3/q+1. The van der Waals surface area contributed by atoms with Crippen LogP contribution in [0.3, 0.4) is 0 Å². The molecule has 0 unspecified atom stereocenters. The third-order valence-corrected chi connectivity index (χ3v) is 7.25. The zero-order valence-corrected chi connectivity index (χ0v) is 21.4. The summed E-state index contributed by atoms with van der Waals surface area (Å²) in [6.07, 6.45) is -14.2. The first-order valence-electron chi connectivity index (χ1n) is 11.3. The molecule has 11 heteroatoms. The molecule has 0 aliphatic heterocycles. The number of benzene rings is 3. The van der Waals surface area contributed by atoms with Crippen molar-refractivity contribution in [1.29, 1.82) is 0 Å². The number of hydrogen-bond acceptors (Lipinski definition) is 4. The van der Waals surface area contributed by atoms with Gasteiger partial charge in [-0.1, -0.05) is 36.4 Å². The summed E-state index contributed by atoms with van der Waals surface area (Å²) in [6.45, 7) is 1.76. The van der Waals surface area contributed by atoms with Crippen LogP contribution in [0.1, 0.15) is 20.8 Å². The Labute approximate surface area is 218 Å². The lowest BCUT2D eigenvalue weighted by Crippen LogP contribution is -2.63. The highest BCUT2D eigenvalue weighted by molar-refractivity contribution is 7.97. The second kappa shape index (κ2) is 11.2. The third-order valence-electron chi connectivity index (χ3n) is 5.02. The van der Waals surface area contributed by atoms with E-state index in [4.69, 9.17) is 4.74 Å². The third kappa shape index (κ3) is 6.94. The Hall–Kier alpha value is -3.34. The highest BCUT2D eigenvalue weighted by Gasteiger charge is 2.75. The van der Waals surface area contributed by atoms with Crippen molar-refractivity contribution in [3.63, 3.8) is 0 Å². The van der Waals surface area contributed by atoms with Gasteiger partial charge in [-0.15, -0.1) is 0 Å². The summed E-state index contributed by atoms with van der Waals surface area (Å²) in [5, 5.41) is 0. The monoisotopic (exact) mass is 559 g/mol. The fourth-order valence-corrected chi connectivity index (χ4v) is 5.34. The van der Waals surface area contributed by atoms with Crippen molar-refractivity contribution in [2.45, 2.75) is 59.0 Å². The van der Waals surface area contributed by atoms with Crippen LogP contribution < -0.4 is 4.74 Å². The SMILES string of the molecule is CC(C)(C)OC(=O)OC(COc1ccc([S+](c2ccccc2)c2ccccc2)cc1)(C(F)(F)F)C(F)(F)F. The zero-order chi connectivity index (χ0) is 28.2. The van der Waals surface area contributed by atoms with Gasteiger partial charge in [0, 0.05) is 0 Å². The van der Waals surface area contributed by atoms with Crippen molar-refractivity contribution in [2.75, 3.05) is 6.61 Å². The molecule has 0 bridgehead atoms. The van der Waals surface area contributed by atoms with Crippen molar-refractivity contribution in [2.24, 2.45) is 0 Å². The fourth-order valence-electron chi connectivity index (χ4n) is 3.26. The average molecular weight is 560 g/mol. The minimum absolute atomic E-state index is 0.274. The molecule has 3 aromatic rings. The van der Waals surface area contributed by atoms with Crippen LogP contribution in [0, 0.1) is 0 Å². The molecule has 0 saturated carbocycles. The van der Waals surface area contributed by atoms with E-state index in [1.807, 2.05) is 60.7 Å².